The van der Waals surface area contributed by atoms with E-state index >= 15 is 0 Å². The Morgan fingerprint density at radius 2 is 1.71 bits per heavy atom. The van der Waals surface area contributed by atoms with Crippen molar-refractivity contribution in [3.8, 4) is 0 Å². The van der Waals surface area contributed by atoms with Crippen molar-refractivity contribution in [1.29, 1.82) is 0 Å². The van der Waals surface area contributed by atoms with E-state index in [4.69, 9.17) is 4.74 Å². The van der Waals surface area contributed by atoms with E-state index in [9.17, 15) is 0 Å². The molecule has 24 heavy (non-hydrogen) atoms. The van der Waals surface area contributed by atoms with Crippen LogP contribution in [0, 0.1) is 0 Å². The molecule has 120 valence electrons. The minimum Gasteiger partial charge on any atom is -0.377 e. The van der Waals surface area contributed by atoms with Gasteiger partial charge in [0, 0.05) is 29.1 Å². The lowest BCUT2D eigenvalue weighted by Crippen LogP contribution is -1.99. The Morgan fingerprint density at radius 3 is 2.62 bits per heavy atom. The van der Waals surface area contributed by atoms with Crippen molar-refractivity contribution in [3.63, 3.8) is 0 Å². The number of fused-ring (bicyclic) bond motifs is 3. The van der Waals surface area contributed by atoms with Gasteiger partial charge in [0.25, 0.3) is 0 Å². The average Bonchev–Trinajstić information content (AvgIpc) is 3.02. The molecule has 0 saturated carbocycles. The maximum absolute atomic E-state index is 5.77. The van der Waals surface area contributed by atoms with Crippen molar-refractivity contribution in [2.45, 2.75) is 19.4 Å². The van der Waals surface area contributed by atoms with Crippen LogP contribution < -0.4 is 0 Å². The van der Waals surface area contributed by atoms with Crippen LogP contribution in [0.5, 0.6) is 0 Å². The van der Waals surface area contributed by atoms with Crippen LogP contribution in [-0.2, 0) is 17.8 Å². The summed E-state index contributed by atoms with van der Waals surface area (Å²) in [4.78, 5) is 8.08. The fourth-order valence-electron chi connectivity index (χ4n) is 3.13. The lowest BCUT2D eigenvalue weighted by molar-refractivity contribution is 0.118. The lowest BCUT2D eigenvalue weighted by Gasteiger charge is -2.05. The largest absolute Gasteiger partial charge is 0.377 e. The predicted octanol–water partition coefficient (Wildman–Crippen LogP) is 4.87. The van der Waals surface area contributed by atoms with Crippen molar-refractivity contribution in [3.05, 3.63) is 78.1 Å². The summed E-state index contributed by atoms with van der Waals surface area (Å²) in [6, 6.07) is 20.8. The summed E-state index contributed by atoms with van der Waals surface area (Å²) >= 11 is 0. The Labute approximate surface area is 141 Å². The zero-order valence-electron chi connectivity index (χ0n) is 13.5. The number of nitrogens with one attached hydrogen (secondary N) is 1. The Morgan fingerprint density at radius 1 is 0.875 bits per heavy atom. The minimum atomic E-state index is 0.671. The summed E-state index contributed by atoms with van der Waals surface area (Å²) < 4.78 is 5.77. The molecule has 0 aliphatic carbocycles. The van der Waals surface area contributed by atoms with Crippen LogP contribution in [0.15, 0.2) is 66.9 Å². The van der Waals surface area contributed by atoms with Crippen LogP contribution in [0.1, 0.15) is 17.7 Å². The molecule has 0 spiro atoms. The van der Waals surface area contributed by atoms with Crippen LogP contribution in [0.2, 0.25) is 0 Å². The molecule has 4 rings (SSSR count). The van der Waals surface area contributed by atoms with E-state index < -0.39 is 0 Å². The lowest BCUT2D eigenvalue weighted by atomic mass is 10.1. The molecule has 0 fully saturated rings. The number of nitrogens with zero attached hydrogens (tertiary/aromatic N) is 1. The van der Waals surface area contributed by atoms with E-state index in [1.165, 1.54) is 21.9 Å². The van der Waals surface area contributed by atoms with Crippen LogP contribution in [0.25, 0.3) is 21.8 Å². The second kappa shape index (κ2) is 6.85. The van der Waals surface area contributed by atoms with Gasteiger partial charge in [-0.2, -0.15) is 0 Å². The third kappa shape index (κ3) is 3.03. The fourth-order valence-corrected chi connectivity index (χ4v) is 3.13. The standard InChI is InChI=1S/C21H20N2O/c1-2-7-16(8-3-1)15-24-14-6-11-20-21-18(12-13-22-20)17-9-4-5-10-19(17)23-21/h1-5,7-10,12-13,23H,6,11,14-15H2. The van der Waals surface area contributed by atoms with Crippen molar-refractivity contribution in [2.24, 2.45) is 0 Å². The maximum Gasteiger partial charge on any atom is 0.0716 e. The number of ether oxygens (including phenoxy) is 1. The number of pyridine rings is 1. The van der Waals surface area contributed by atoms with Gasteiger partial charge in [-0.05, 0) is 30.5 Å². The van der Waals surface area contributed by atoms with E-state index in [2.05, 4.69) is 52.4 Å². The Balaban J connectivity index is 1.41. The minimum absolute atomic E-state index is 0.671. The van der Waals surface area contributed by atoms with Crippen molar-refractivity contribution < 1.29 is 4.74 Å². The molecule has 2 aromatic carbocycles. The molecule has 3 heteroatoms. The summed E-state index contributed by atoms with van der Waals surface area (Å²) in [5.74, 6) is 0. The van der Waals surface area contributed by atoms with Gasteiger partial charge in [-0.15, -0.1) is 0 Å². The van der Waals surface area contributed by atoms with Gasteiger partial charge in [0.15, 0.2) is 0 Å². The number of hydrogen-bond donors (Lipinski definition) is 1. The first-order valence-corrected chi connectivity index (χ1v) is 8.38. The zero-order valence-corrected chi connectivity index (χ0v) is 13.5. The maximum atomic E-state index is 5.77. The zero-order chi connectivity index (χ0) is 16.2. The van der Waals surface area contributed by atoms with Gasteiger partial charge in [0.05, 0.1) is 17.8 Å². The van der Waals surface area contributed by atoms with E-state index in [-0.39, 0.29) is 0 Å². The highest BCUT2D eigenvalue weighted by molar-refractivity contribution is 6.07. The Kier molecular flexibility index (Phi) is 4.26. The van der Waals surface area contributed by atoms with Crippen LogP contribution >= 0.6 is 0 Å². The summed E-state index contributed by atoms with van der Waals surface area (Å²) in [6.45, 7) is 1.41. The SMILES string of the molecule is c1ccc(COCCCc2nccc3c2[nH]c2ccccc23)cc1. The second-order valence-electron chi connectivity index (χ2n) is 5.99. The van der Waals surface area contributed by atoms with E-state index in [1.807, 2.05) is 24.4 Å². The number of hydrogen-bond acceptors (Lipinski definition) is 2. The molecular weight excluding hydrogens is 296 g/mol. The molecule has 0 saturated heterocycles. The molecule has 2 heterocycles. The summed E-state index contributed by atoms with van der Waals surface area (Å²) in [6.07, 6.45) is 3.79. The first-order valence-electron chi connectivity index (χ1n) is 8.38. The highest BCUT2D eigenvalue weighted by atomic mass is 16.5. The normalized spacial score (nSPS) is 11.3. The van der Waals surface area contributed by atoms with Crippen LogP contribution in [-0.4, -0.2) is 16.6 Å². The third-order valence-electron chi connectivity index (χ3n) is 4.32. The van der Waals surface area contributed by atoms with Gasteiger partial charge in [0.1, 0.15) is 0 Å². The van der Waals surface area contributed by atoms with Crippen molar-refractivity contribution >= 4 is 21.8 Å². The molecule has 0 bridgehead atoms. The summed E-state index contributed by atoms with van der Waals surface area (Å²) in [5, 5.41) is 2.51. The molecule has 0 unspecified atom stereocenters. The molecule has 0 radical (unpaired) electrons. The molecule has 1 N–H and O–H groups in total. The molecule has 0 amide bonds. The van der Waals surface area contributed by atoms with Gasteiger partial charge in [-0.3, -0.25) is 4.98 Å². The van der Waals surface area contributed by atoms with Gasteiger partial charge < -0.3 is 9.72 Å². The van der Waals surface area contributed by atoms with E-state index in [0.29, 0.717) is 6.61 Å². The number of para-hydroxylation sites is 1. The van der Waals surface area contributed by atoms with Gasteiger partial charge in [-0.1, -0.05) is 48.5 Å². The van der Waals surface area contributed by atoms with Crippen LogP contribution in [0.3, 0.4) is 0 Å². The van der Waals surface area contributed by atoms with Gasteiger partial charge in [0.2, 0.25) is 0 Å². The Hall–Kier alpha value is -2.65. The van der Waals surface area contributed by atoms with Gasteiger partial charge >= 0.3 is 0 Å². The quantitative estimate of drug-likeness (QED) is 0.516. The van der Waals surface area contributed by atoms with Crippen molar-refractivity contribution in [2.75, 3.05) is 6.61 Å². The number of aromatic amines is 1. The molecule has 4 aromatic rings. The Bertz CT molecular complexity index is 944. The molecule has 0 aliphatic rings. The summed E-state index contributed by atoms with van der Waals surface area (Å²) in [7, 11) is 0. The molecular formula is C21H20N2O. The molecule has 0 aliphatic heterocycles. The fraction of sp³-hybridized carbons (Fsp3) is 0.190. The number of aryl methyl sites for hydroxylation is 1. The average molecular weight is 316 g/mol. The van der Waals surface area contributed by atoms with E-state index in [1.54, 1.807) is 0 Å². The summed E-state index contributed by atoms with van der Waals surface area (Å²) in [5.41, 5.74) is 4.66. The second-order valence-corrected chi connectivity index (χ2v) is 5.99. The monoisotopic (exact) mass is 316 g/mol. The van der Waals surface area contributed by atoms with E-state index in [0.717, 1.165) is 30.7 Å². The first kappa shape index (κ1) is 14.9. The van der Waals surface area contributed by atoms with Crippen LogP contribution in [0.4, 0.5) is 0 Å². The smallest absolute Gasteiger partial charge is 0.0716 e. The van der Waals surface area contributed by atoms with Gasteiger partial charge in [-0.25, -0.2) is 0 Å². The molecule has 0 atom stereocenters. The van der Waals surface area contributed by atoms with Crippen molar-refractivity contribution in [1.82, 2.24) is 9.97 Å². The highest BCUT2D eigenvalue weighted by Crippen LogP contribution is 2.26. The predicted molar refractivity (Wildman–Crippen MR) is 98.0 cm³/mol. The third-order valence-corrected chi connectivity index (χ3v) is 4.32. The molecule has 2 aromatic heterocycles. The number of H-pyrrole nitrogens is 1. The topological polar surface area (TPSA) is 37.9 Å². The number of rotatable bonds is 6. The number of aromatic nitrogens is 2. The first-order chi connectivity index (χ1) is 11.9. The molecule has 3 nitrogen and oxygen atoms in total. The number of benzene rings is 2. The highest BCUT2D eigenvalue weighted by Gasteiger charge is 2.08.